The number of rotatable bonds is 5. The summed E-state index contributed by atoms with van der Waals surface area (Å²) in [5.74, 6) is -0.758. The van der Waals surface area contributed by atoms with E-state index in [0.717, 1.165) is 12.2 Å². The van der Waals surface area contributed by atoms with E-state index in [0.29, 0.717) is 6.54 Å². The average Bonchev–Trinajstić information content (AvgIpc) is 2.63. The summed E-state index contributed by atoms with van der Waals surface area (Å²) in [5, 5.41) is 13.5. The smallest absolute Gasteiger partial charge is 0.304 e. The maximum atomic E-state index is 10.9. The molecule has 120 valence electrons. The van der Waals surface area contributed by atoms with Crippen LogP contribution in [0.25, 0.3) is 0 Å². The third-order valence-corrected chi connectivity index (χ3v) is 3.52. The SMILES string of the molecule is Cn1cc(CN(CCC(=O)O)C(C)(C)C)c(C(C)(C)C)n1. The van der Waals surface area contributed by atoms with Crippen LogP contribution in [0.5, 0.6) is 0 Å². The summed E-state index contributed by atoms with van der Waals surface area (Å²) in [6.07, 6.45) is 2.20. The van der Waals surface area contributed by atoms with Crippen molar-refractivity contribution in [1.82, 2.24) is 14.7 Å². The lowest BCUT2D eigenvalue weighted by Crippen LogP contribution is -2.42. The van der Waals surface area contributed by atoms with Gasteiger partial charge in [-0.25, -0.2) is 0 Å². The van der Waals surface area contributed by atoms with Crippen LogP contribution in [0.4, 0.5) is 0 Å². The van der Waals surface area contributed by atoms with Crippen LogP contribution < -0.4 is 0 Å². The molecule has 1 rings (SSSR count). The van der Waals surface area contributed by atoms with Gasteiger partial charge in [0.05, 0.1) is 12.1 Å². The molecule has 5 heteroatoms. The lowest BCUT2D eigenvalue weighted by atomic mass is 9.89. The second kappa shape index (κ2) is 6.18. The van der Waals surface area contributed by atoms with Gasteiger partial charge in [-0.2, -0.15) is 5.10 Å². The summed E-state index contributed by atoms with van der Waals surface area (Å²) in [4.78, 5) is 13.1. The van der Waals surface area contributed by atoms with Crippen LogP contribution in [0.3, 0.4) is 0 Å². The fourth-order valence-corrected chi connectivity index (χ4v) is 2.37. The number of nitrogens with zero attached hydrogens (tertiary/aromatic N) is 3. The molecule has 0 amide bonds. The standard InChI is InChI=1S/C16H29N3O2/c1-15(2,3)14-12(10-18(7)17-14)11-19(16(4,5)6)9-8-13(20)21/h10H,8-9,11H2,1-7H3,(H,20,21). The lowest BCUT2D eigenvalue weighted by Gasteiger charge is -2.35. The molecule has 0 unspecified atom stereocenters. The fourth-order valence-electron chi connectivity index (χ4n) is 2.37. The molecular weight excluding hydrogens is 266 g/mol. The van der Waals surface area contributed by atoms with Crippen molar-refractivity contribution < 1.29 is 9.90 Å². The Morgan fingerprint density at radius 1 is 1.29 bits per heavy atom. The van der Waals surface area contributed by atoms with Gasteiger partial charge in [0.1, 0.15) is 0 Å². The Morgan fingerprint density at radius 2 is 1.86 bits per heavy atom. The first-order valence-electron chi connectivity index (χ1n) is 7.41. The predicted molar refractivity (Wildman–Crippen MR) is 84.3 cm³/mol. The highest BCUT2D eigenvalue weighted by Crippen LogP contribution is 2.27. The first-order chi connectivity index (χ1) is 9.41. The van der Waals surface area contributed by atoms with Crippen molar-refractivity contribution in [2.45, 2.75) is 65.5 Å². The Hall–Kier alpha value is -1.36. The van der Waals surface area contributed by atoms with E-state index in [4.69, 9.17) is 5.11 Å². The Bertz CT molecular complexity index is 493. The van der Waals surface area contributed by atoms with E-state index in [1.54, 1.807) is 0 Å². The van der Waals surface area contributed by atoms with Gasteiger partial charge in [-0.05, 0) is 20.8 Å². The topological polar surface area (TPSA) is 58.4 Å². The number of aliphatic carboxylic acids is 1. The largest absolute Gasteiger partial charge is 0.481 e. The van der Waals surface area contributed by atoms with E-state index in [1.807, 2.05) is 17.9 Å². The lowest BCUT2D eigenvalue weighted by molar-refractivity contribution is -0.137. The molecule has 1 aromatic rings. The molecule has 1 aromatic heterocycles. The van der Waals surface area contributed by atoms with Crippen molar-refractivity contribution in [2.75, 3.05) is 6.54 Å². The van der Waals surface area contributed by atoms with E-state index < -0.39 is 5.97 Å². The first-order valence-corrected chi connectivity index (χ1v) is 7.41. The number of hydrogen-bond acceptors (Lipinski definition) is 3. The monoisotopic (exact) mass is 295 g/mol. The number of carboxylic acid groups (broad SMARTS) is 1. The van der Waals surface area contributed by atoms with Gasteiger partial charge in [0.25, 0.3) is 0 Å². The maximum absolute atomic E-state index is 10.9. The zero-order valence-corrected chi connectivity index (χ0v) is 14.4. The van der Waals surface area contributed by atoms with Gasteiger partial charge in [-0.15, -0.1) is 0 Å². The fraction of sp³-hybridized carbons (Fsp3) is 0.750. The number of carboxylic acids is 1. The van der Waals surface area contributed by atoms with Crippen LogP contribution in [0.2, 0.25) is 0 Å². The summed E-state index contributed by atoms with van der Waals surface area (Å²) in [6.45, 7) is 14.0. The number of aryl methyl sites for hydroxylation is 1. The Balaban J connectivity index is 3.01. The molecule has 0 aromatic carbocycles. The molecule has 1 heterocycles. The summed E-state index contributed by atoms with van der Waals surface area (Å²) in [7, 11) is 1.93. The molecule has 0 saturated heterocycles. The van der Waals surface area contributed by atoms with E-state index in [1.165, 1.54) is 5.56 Å². The highest BCUT2D eigenvalue weighted by Gasteiger charge is 2.27. The summed E-state index contributed by atoms with van der Waals surface area (Å²) in [6, 6.07) is 0. The zero-order valence-electron chi connectivity index (χ0n) is 14.4. The van der Waals surface area contributed by atoms with E-state index in [2.05, 4.69) is 51.5 Å². The molecule has 0 aliphatic carbocycles. The molecule has 0 atom stereocenters. The van der Waals surface area contributed by atoms with Crippen LogP contribution in [0.1, 0.15) is 59.2 Å². The molecule has 0 aliphatic rings. The number of hydrogen-bond donors (Lipinski definition) is 1. The van der Waals surface area contributed by atoms with Gasteiger partial charge in [-0.1, -0.05) is 20.8 Å². The van der Waals surface area contributed by atoms with Crippen LogP contribution in [0.15, 0.2) is 6.20 Å². The zero-order chi connectivity index (χ0) is 16.4. The van der Waals surface area contributed by atoms with Crippen LogP contribution >= 0.6 is 0 Å². The third-order valence-electron chi connectivity index (χ3n) is 3.52. The van der Waals surface area contributed by atoms with Crippen molar-refractivity contribution in [2.24, 2.45) is 7.05 Å². The highest BCUT2D eigenvalue weighted by molar-refractivity contribution is 5.66. The van der Waals surface area contributed by atoms with Crippen molar-refractivity contribution in [1.29, 1.82) is 0 Å². The van der Waals surface area contributed by atoms with Crippen LogP contribution in [0, 0.1) is 0 Å². The minimum Gasteiger partial charge on any atom is -0.481 e. The van der Waals surface area contributed by atoms with Crippen molar-refractivity contribution in [3.63, 3.8) is 0 Å². The second-order valence-electron chi connectivity index (χ2n) is 7.66. The predicted octanol–water partition coefficient (Wildman–Crippen LogP) is 2.79. The van der Waals surface area contributed by atoms with Crippen molar-refractivity contribution >= 4 is 5.97 Å². The normalized spacial score (nSPS) is 13.0. The molecule has 0 bridgehead atoms. The Kier molecular flexibility index (Phi) is 5.20. The van der Waals surface area contributed by atoms with Gasteiger partial charge >= 0.3 is 5.97 Å². The third kappa shape index (κ3) is 5.16. The van der Waals surface area contributed by atoms with E-state index in [9.17, 15) is 4.79 Å². The number of aromatic nitrogens is 2. The van der Waals surface area contributed by atoms with Crippen molar-refractivity contribution in [3.05, 3.63) is 17.5 Å². The van der Waals surface area contributed by atoms with Crippen molar-refractivity contribution in [3.8, 4) is 0 Å². The van der Waals surface area contributed by atoms with Gasteiger partial charge < -0.3 is 5.11 Å². The summed E-state index contributed by atoms with van der Waals surface area (Å²) < 4.78 is 1.84. The molecule has 0 aliphatic heterocycles. The average molecular weight is 295 g/mol. The van der Waals surface area contributed by atoms with Gasteiger partial charge in [-0.3, -0.25) is 14.4 Å². The molecule has 5 nitrogen and oxygen atoms in total. The molecule has 21 heavy (non-hydrogen) atoms. The van der Waals surface area contributed by atoms with E-state index >= 15 is 0 Å². The quantitative estimate of drug-likeness (QED) is 0.907. The van der Waals surface area contributed by atoms with Gasteiger partial charge in [0.2, 0.25) is 0 Å². The molecular formula is C16H29N3O2. The molecule has 0 fully saturated rings. The molecule has 0 saturated carbocycles. The minimum absolute atomic E-state index is 0.0209. The summed E-state index contributed by atoms with van der Waals surface area (Å²) >= 11 is 0. The highest BCUT2D eigenvalue weighted by atomic mass is 16.4. The Morgan fingerprint density at radius 3 is 2.29 bits per heavy atom. The van der Waals surface area contributed by atoms with Gasteiger partial charge in [0, 0.05) is 42.9 Å². The molecule has 1 N–H and O–H groups in total. The number of carbonyl (C=O) groups is 1. The van der Waals surface area contributed by atoms with Gasteiger partial charge in [0.15, 0.2) is 0 Å². The Labute approximate surface area is 127 Å². The maximum Gasteiger partial charge on any atom is 0.304 e. The molecule has 0 radical (unpaired) electrons. The summed E-state index contributed by atoms with van der Waals surface area (Å²) in [5.41, 5.74) is 2.15. The van der Waals surface area contributed by atoms with Crippen LogP contribution in [-0.2, 0) is 23.8 Å². The molecule has 0 spiro atoms. The van der Waals surface area contributed by atoms with E-state index in [-0.39, 0.29) is 17.4 Å². The second-order valence-corrected chi connectivity index (χ2v) is 7.66. The van der Waals surface area contributed by atoms with Crippen LogP contribution in [-0.4, -0.2) is 37.8 Å². The first kappa shape index (κ1) is 17.7. The minimum atomic E-state index is -0.758.